The van der Waals surface area contributed by atoms with E-state index in [1.54, 1.807) is 0 Å². The summed E-state index contributed by atoms with van der Waals surface area (Å²) < 4.78 is 0. The summed E-state index contributed by atoms with van der Waals surface area (Å²) in [5, 5.41) is 3.33. The third-order valence-electron chi connectivity index (χ3n) is 3.58. The van der Waals surface area contributed by atoms with Gasteiger partial charge in [-0.05, 0) is 17.7 Å². The monoisotopic (exact) mass is 258 g/mol. The summed E-state index contributed by atoms with van der Waals surface area (Å²) in [5.41, 5.74) is 2.16. The second kappa shape index (κ2) is 4.91. The molecule has 5 heteroatoms. The van der Waals surface area contributed by atoms with Gasteiger partial charge in [-0.2, -0.15) is 0 Å². The van der Waals surface area contributed by atoms with E-state index < -0.39 is 0 Å². The Morgan fingerprint density at radius 1 is 1.37 bits per heavy atom. The minimum Gasteiger partial charge on any atom is -0.352 e. The van der Waals surface area contributed by atoms with Gasteiger partial charge in [0, 0.05) is 38.8 Å². The van der Waals surface area contributed by atoms with Gasteiger partial charge in [0.1, 0.15) is 0 Å². The summed E-state index contributed by atoms with van der Waals surface area (Å²) in [4.78, 5) is 19.8. The van der Waals surface area contributed by atoms with Crippen molar-refractivity contribution in [3.63, 3.8) is 0 Å². The highest BCUT2D eigenvalue weighted by molar-refractivity contribution is 5.99. The van der Waals surface area contributed by atoms with E-state index in [2.05, 4.69) is 27.3 Å². The van der Waals surface area contributed by atoms with Crippen molar-refractivity contribution in [3.8, 4) is 0 Å². The molecule has 19 heavy (non-hydrogen) atoms. The molecule has 5 nitrogen and oxygen atoms in total. The highest BCUT2D eigenvalue weighted by atomic mass is 16.2. The van der Waals surface area contributed by atoms with Crippen LogP contribution in [0.3, 0.4) is 0 Å². The standard InChI is InChI=1S/C14H18N4O/c1-17-8-6-15-14(17)16-10-11-3-2-4-12(9-11)18-7-5-13(18)19/h2-4,9H,5-8,10H2,1H3,(H,15,16). The molecule has 1 N–H and O–H groups in total. The lowest BCUT2D eigenvalue weighted by Gasteiger charge is -2.31. The zero-order chi connectivity index (χ0) is 13.2. The summed E-state index contributed by atoms with van der Waals surface area (Å²) in [7, 11) is 2.04. The number of β-lactam (4-membered cyclic amide) rings is 1. The summed E-state index contributed by atoms with van der Waals surface area (Å²) in [5.74, 6) is 1.16. The lowest BCUT2D eigenvalue weighted by molar-refractivity contribution is -0.122. The number of aliphatic imine (C=N–C) groups is 1. The van der Waals surface area contributed by atoms with E-state index in [1.165, 1.54) is 5.56 Å². The number of guanidine groups is 1. The van der Waals surface area contributed by atoms with Gasteiger partial charge < -0.3 is 15.1 Å². The molecule has 0 saturated carbocycles. The van der Waals surface area contributed by atoms with E-state index in [-0.39, 0.29) is 5.91 Å². The smallest absolute Gasteiger partial charge is 0.228 e. The van der Waals surface area contributed by atoms with Crippen molar-refractivity contribution in [1.29, 1.82) is 0 Å². The topological polar surface area (TPSA) is 47.9 Å². The van der Waals surface area contributed by atoms with Crippen LogP contribution < -0.4 is 10.2 Å². The highest BCUT2D eigenvalue weighted by Gasteiger charge is 2.25. The number of nitrogens with one attached hydrogen (secondary N) is 1. The molecule has 100 valence electrons. The van der Waals surface area contributed by atoms with Crippen LogP contribution >= 0.6 is 0 Å². The van der Waals surface area contributed by atoms with E-state index in [0.29, 0.717) is 6.42 Å². The van der Waals surface area contributed by atoms with E-state index in [9.17, 15) is 4.79 Å². The second-order valence-corrected chi connectivity index (χ2v) is 4.95. The molecule has 0 bridgehead atoms. The van der Waals surface area contributed by atoms with Crippen molar-refractivity contribution in [2.75, 3.05) is 31.6 Å². The molecule has 0 radical (unpaired) electrons. The molecule has 1 fully saturated rings. The largest absolute Gasteiger partial charge is 0.352 e. The van der Waals surface area contributed by atoms with Crippen LogP contribution in [0.25, 0.3) is 0 Å². The molecule has 1 aromatic rings. The first-order valence-electron chi connectivity index (χ1n) is 6.63. The molecular weight excluding hydrogens is 240 g/mol. The summed E-state index contributed by atoms with van der Waals surface area (Å²) in [6, 6.07) is 8.12. The zero-order valence-corrected chi connectivity index (χ0v) is 11.1. The zero-order valence-electron chi connectivity index (χ0n) is 11.1. The minimum absolute atomic E-state index is 0.213. The molecule has 3 rings (SSSR count). The van der Waals surface area contributed by atoms with Gasteiger partial charge in [0.25, 0.3) is 0 Å². The van der Waals surface area contributed by atoms with Crippen LogP contribution in [0.1, 0.15) is 12.0 Å². The normalized spacial score (nSPS) is 18.4. The highest BCUT2D eigenvalue weighted by Crippen LogP contribution is 2.22. The summed E-state index contributed by atoms with van der Waals surface area (Å²) in [6.45, 7) is 3.41. The predicted molar refractivity (Wildman–Crippen MR) is 75.2 cm³/mol. The number of amides is 1. The van der Waals surface area contributed by atoms with Gasteiger partial charge in [0.2, 0.25) is 5.91 Å². The van der Waals surface area contributed by atoms with Gasteiger partial charge in [-0.25, -0.2) is 0 Å². The lowest BCUT2D eigenvalue weighted by Crippen LogP contribution is -2.43. The average molecular weight is 258 g/mol. The van der Waals surface area contributed by atoms with E-state index in [0.717, 1.165) is 37.8 Å². The van der Waals surface area contributed by atoms with Crippen LogP contribution in [0.5, 0.6) is 0 Å². The van der Waals surface area contributed by atoms with Crippen LogP contribution in [-0.4, -0.2) is 43.4 Å². The maximum atomic E-state index is 11.4. The van der Waals surface area contributed by atoms with Crippen molar-refractivity contribution in [2.24, 2.45) is 4.99 Å². The van der Waals surface area contributed by atoms with Gasteiger partial charge in [0.15, 0.2) is 5.96 Å². The van der Waals surface area contributed by atoms with Crippen molar-refractivity contribution in [1.82, 2.24) is 10.2 Å². The number of carbonyl (C=O) groups excluding carboxylic acids is 1. The molecule has 0 atom stereocenters. The number of anilines is 1. The number of hydrogen-bond donors (Lipinski definition) is 1. The third kappa shape index (κ3) is 2.41. The molecule has 1 saturated heterocycles. The number of rotatable bonds is 3. The van der Waals surface area contributed by atoms with Crippen molar-refractivity contribution in [3.05, 3.63) is 29.8 Å². The number of hydrogen-bond acceptors (Lipinski definition) is 4. The van der Waals surface area contributed by atoms with Crippen LogP contribution in [-0.2, 0) is 11.3 Å². The molecule has 0 aromatic heterocycles. The first kappa shape index (κ1) is 12.0. The van der Waals surface area contributed by atoms with Gasteiger partial charge in [-0.1, -0.05) is 12.1 Å². The fraction of sp³-hybridized carbons (Fsp3) is 0.429. The molecule has 2 aliphatic heterocycles. The average Bonchev–Trinajstić information content (AvgIpc) is 2.81. The molecule has 0 aliphatic carbocycles. The van der Waals surface area contributed by atoms with Gasteiger partial charge in [0.05, 0.1) is 6.54 Å². The van der Waals surface area contributed by atoms with Crippen LogP contribution in [0.4, 0.5) is 5.69 Å². The Balaban J connectivity index is 1.65. The molecule has 2 heterocycles. The Morgan fingerprint density at radius 2 is 2.26 bits per heavy atom. The molecule has 0 spiro atoms. The van der Waals surface area contributed by atoms with Gasteiger partial charge in [-0.3, -0.25) is 9.79 Å². The predicted octanol–water partition coefficient (Wildman–Crippen LogP) is 0.814. The number of carbonyl (C=O) groups is 1. The SMILES string of the molecule is CN1CCN=C1NCc1cccc(N2CCC2=O)c1. The third-order valence-corrected chi connectivity index (χ3v) is 3.58. The van der Waals surface area contributed by atoms with E-state index >= 15 is 0 Å². The Bertz CT molecular complexity index is 526. The van der Waals surface area contributed by atoms with Crippen LogP contribution in [0.15, 0.2) is 29.3 Å². The maximum absolute atomic E-state index is 11.4. The Labute approximate surface area is 112 Å². The Kier molecular flexibility index (Phi) is 3.11. The quantitative estimate of drug-likeness (QED) is 0.816. The van der Waals surface area contributed by atoms with Gasteiger partial charge >= 0.3 is 0 Å². The molecular formula is C14H18N4O. The fourth-order valence-electron chi connectivity index (χ4n) is 2.33. The molecule has 2 aliphatic rings. The van der Waals surface area contributed by atoms with Crippen LogP contribution in [0, 0.1) is 0 Å². The van der Waals surface area contributed by atoms with Crippen LogP contribution in [0.2, 0.25) is 0 Å². The Hall–Kier alpha value is -2.04. The second-order valence-electron chi connectivity index (χ2n) is 4.95. The van der Waals surface area contributed by atoms with Gasteiger partial charge in [-0.15, -0.1) is 0 Å². The number of nitrogens with zero attached hydrogens (tertiary/aromatic N) is 3. The van der Waals surface area contributed by atoms with Crippen molar-refractivity contribution < 1.29 is 4.79 Å². The molecule has 0 unspecified atom stereocenters. The summed E-state index contributed by atoms with van der Waals surface area (Å²) in [6.07, 6.45) is 0.671. The number of likely N-dealkylation sites (N-methyl/N-ethyl adjacent to an activating group) is 1. The first-order valence-corrected chi connectivity index (χ1v) is 6.63. The van der Waals surface area contributed by atoms with E-state index in [4.69, 9.17) is 0 Å². The Morgan fingerprint density at radius 3 is 2.89 bits per heavy atom. The number of benzene rings is 1. The molecule has 1 amide bonds. The lowest BCUT2D eigenvalue weighted by atomic mass is 10.1. The minimum atomic E-state index is 0.213. The van der Waals surface area contributed by atoms with Crippen molar-refractivity contribution in [2.45, 2.75) is 13.0 Å². The maximum Gasteiger partial charge on any atom is 0.228 e. The van der Waals surface area contributed by atoms with Crippen molar-refractivity contribution >= 4 is 17.6 Å². The van der Waals surface area contributed by atoms with E-state index in [1.807, 2.05) is 24.1 Å². The summed E-state index contributed by atoms with van der Waals surface area (Å²) >= 11 is 0. The molecule has 1 aromatic carbocycles. The fourth-order valence-corrected chi connectivity index (χ4v) is 2.33. The first-order chi connectivity index (χ1) is 9.24.